The summed E-state index contributed by atoms with van der Waals surface area (Å²) in [5, 5.41) is 0. The third-order valence-corrected chi connectivity index (χ3v) is 2.70. The van der Waals surface area contributed by atoms with E-state index in [1.165, 1.54) is 6.92 Å². The molecule has 5 heteroatoms. The molecule has 0 saturated carbocycles. The van der Waals surface area contributed by atoms with Crippen LogP contribution in [0.15, 0.2) is 18.5 Å². The highest BCUT2D eigenvalue weighted by Crippen LogP contribution is 2.23. The van der Waals surface area contributed by atoms with Gasteiger partial charge in [0, 0.05) is 6.92 Å². The summed E-state index contributed by atoms with van der Waals surface area (Å²) in [7, 11) is 0. The quantitative estimate of drug-likeness (QED) is 0.621. The molecule has 0 aliphatic rings. The van der Waals surface area contributed by atoms with Crippen LogP contribution in [0.2, 0.25) is 0 Å². The molecule has 0 radical (unpaired) electrons. The third-order valence-electron chi connectivity index (χ3n) is 2.70. The van der Waals surface area contributed by atoms with Crippen molar-refractivity contribution in [2.45, 2.75) is 13.8 Å². The van der Waals surface area contributed by atoms with Crippen molar-refractivity contribution in [3.8, 4) is 0 Å². The number of aromatic amines is 1. The van der Waals surface area contributed by atoms with E-state index >= 15 is 0 Å². The van der Waals surface area contributed by atoms with Crippen LogP contribution in [-0.4, -0.2) is 25.4 Å². The number of carbonyl (C=O) groups excluding carboxylic acids is 1. The average Bonchev–Trinajstić information content (AvgIpc) is 2.78. The van der Waals surface area contributed by atoms with Crippen LogP contribution in [0.5, 0.6) is 0 Å². The zero-order valence-corrected chi connectivity index (χ0v) is 8.98. The van der Waals surface area contributed by atoms with Crippen molar-refractivity contribution in [1.82, 2.24) is 19.5 Å². The van der Waals surface area contributed by atoms with E-state index in [9.17, 15) is 4.79 Å². The molecule has 1 aromatic carbocycles. The van der Waals surface area contributed by atoms with E-state index in [1.807, 2.05) is 19.1 Å². The summed E-state index contributed by atoms with van der Waals surface area (Å²) in [4.78, 5) is 23.1. The van der Waals surface area contributed by atoms with Crippen molar-refractivity contribution in [1.29, 1.82) is 0 Å². The number of nitrogens with zero attached hydrogens (tertiary/aromatic N) is 3. The van der Waals surface area contributed by atoms with Gasteiger partial charge in [-0.2, -0.15) is 0 Å². The van der Waals surface area contributed by atoms with Crippen LogP contribution >= 0.6 is 0 Å². The van der Waals surface area contributed by atoms with Crippen molar-refractivity contribution in [2.75, 3.05) is 0 Å². The van der Waals surface area contributed by atoms with Crippen LogP contribution < -0.4 is 0 Å². The molecule has 0 unspecified atom stereocenters. The fourth-order valence-electron chi connectivity index (χ4n) is 2.06. The number of nitrogens with one attached hydrogen (secondary N) is 1. The predicted octanol–water partition coefficient (Wildman–Crippen LogP) is 1.88. The Morgan fingerprint density at radius 3 is 2.94 bits per heavy atom. The summed E-state index contributed by atoms with van der Waals surface area (Å²) in [6.45, 7) is 3.35. The Bertz CT molecular complexity index is 707. The smallest absolute Gasteiger partial charge is 0.229 e. The molecule has 0 bridgehead atoms. The molecule has 2 heterocycles. The zero-order chi connectivity index (χ0) is 11.3. The van der Waals surface area contributed by atoms with Gasteiger partial charge in [-0.1, -0.05) is 0 Å². The summed E-state index contributed by atoms with van der Waals surface area (Å²) in [5.74, 6) is 0.660. The highest BCUT2D eigenvalue weighted by atomic mass is 16.1. The van der Waals surface area contributed by atoms with Gasteiger partial charge in [0.05, 0.1) is 17.4 Å². The first-order valence-corrected chi connectivity index (χ1v) is 5.00. The fourth-order valence-corrected chi connectivity index (χ4v) is 2.06. The first-order chi connectivity index (χ1) is 7.68. The van der Waals surface area contributed by atoms with Gasteiger partial charge in [0.15, 0.2) is 0 Å². The van der Waals surface area contributed by atoms with E-state index in [-0.39, 0.29) is 5.91 Å². The van der Waals surface area contributed by atoms with Crippen LogP contribution in [0.4, 0.5) is 0 Å². The van der Waals surface area contributed by atoms with E-state index in [0.29, 0.717) is 5.82 Å². The molecular weight excluding hydrogens is 204 g/mol. The Morgan fingerprint density at radius 1 is 1.38 bits per heavy atom. The minimum atomic E-state index is -0.0325. The maximum atomic E-state index is 11.5. The van der Waals surface area contributed by atoms with Gasteiger partial charge in [0.1, 0.15) is 16.9 Å². The van der Waals surface area contributed by atoms with Gasteiger partial charge in [0.2, 0.25) is 5.91 Å². The monoisotopic (exact) mass is 214 g/mol. The molecule has 0 fully saturated rings. The minimum absolute atomic E-state index is 0.0325. The van der Waals surface area contributed by atoms with Crippen molar-refractivity contribution < 1.29 is 4.79 Å². The Labute approximate surface area is 91.1 Å². The number of H-pyrrole nitrogens is 1. The normalized spacial score (nSPS) is 11.4. The molecule has 0 saturated heterocycles. The number of hydrogen-bond acceptors (Lipinski definition) is 3. The number of fused-ring (bicyclic) bond motifs is 3. The van der Waals surface area contributed by atoms with Gasteiger partial charge < -0.3 is 4.98 Å². The number of hydrogen-bond donors (Lipinski definition) is 1. The molecule has 0 amide bonds. The standard InChI is InChI=1S/C11H10N4O/c1-6-14-11-9(15(6)7(2)16)4-3-8-10(11)13-5-12-8/h3-5H,1-2H3,(H,12,13). The Morgan fingerprint density at radius 2 is 2.19 bits per heavy atom. The van der Waals surface area contributed by atoms with E-state index in [2.05, 4.69) is 15.0 Å². The first kappa shape index (κ1) is 9.08. The minimum Gasteiger partial charge on any atom is -0.345 e. The molecule has 3 rings (SSSR count). The van der Waals surface area contributed by atoms with Gasteiger partial charge in [0.25, 0.3) is 0 Å². The Hall–Kier alpha value is -2.17. The van der Waals surface area contributed by atoms with Crippen LogP contribution in [0, 0.1) is 6.92 Å². The average molecular weight is 214 g/mol. The van der Waals surface area contributed by atoms with Gasteiger partial charge in [-0.25, -0.2) is 9.97 Å². The summed E-state index contributed by atoms with van der Waals surface area (Å²) in [5.41, 5.74) is 3.32. The van der Waals surface area contributed by atoms with Crippen molar-refractivity contribution in [3.63, 3.8) is 0 Å². The summed E-state index contributed by atoms with van der Waals surface area (Å²) in [6.07, 6.45) is 1.63. The lowest BCUT2D eigenvalue weighted by atomic mass is 10.2. The SMILES string of the molecule is CC(=O)n1c(C)nc2c3nc[nH]c3ccc21. The van der Waals surface area contributed by atoms with Crippen molar-refractivity contribution in [2.24, 2.45) is 0 Å². The van der Waals surface area contributed by atoms with E-state index in [0.717, 1.165) is 22.1 Å². The number of rotatable bonds is 0. The zero-order valence-electron chi connectivity index (χ0n) is 8.98. The Kier molecular flexibility index (Phi) is 1.65. The largest absolute Gasteiger partial charge is 0.345 e. The van der Waals surface area contributed by atoms with E-state index < -0.39 is 0 Å². The number of aryl methyl sites for hydroxylation is 1. The molecule has 80 valence electrons. The Balaban J connectivity index is 2.55. The maximum Gasteiger partial charge on any atom is 0.229 e. The second kappa shape index (κ2) is 2.91. The van der Waals surface area contributed by atoms with Crippen LogP contribution in [0.25, 0.3) is 22.1 Å². The molecular formula is C11H10N4O. The molecule has 2 aromatic heterocycles. The summed E-state index contributed by atoms with van der Waals surface area (Å²) < 4.78 is 1.60. The van der Waals surface area contributed by atoms with Crippen molar-refractivity contribution in [3.05, 3.63) is 24.3 Å². The second-order valence-electron chi connectivity index (χ2n) is 3.75. The lowest BCUT2D eigenvalue weighted by Crippen LogP contribution is -2.06. The van der Waals surface area contributed by atoms with Crippen molar-refractivity contribution >= 4 is 28.0 Å². The highest BCUT2D eigenvalue weighted by Gasteiger charge is 2.13. The molecule has 0 aliphatic carbocycles. The van der Waals surface area contributed by atoms with E-state index in [1.54, 1.807) is 10.9 Å². The number of aromatic nitrogens is 4. The van der Waals surface area contributed by atoms with Gasteiger partial charge in [-0.3, -0.25) is 9.36 Å². The highest BCUT2D eigenvalue weighted by molar-refractivity contribution is 6.03. The maximum absolute atomic E-state index is 11.5. The number of carbonyl (C=O) groups is 1. The lowest BCUT2D eigenvalue weighted by Gasteiger charge is -1.99. The summed E-state index contributed by atoms with van der Waals surface area (Å²) in [6, 6.07) is 3.79. The predicted molar refractivity (Wildman–Crippen MR) is 60.4 cm³/mol. The third kappa shape index (κ3) is 1.02. The second-order valence-corrected chi connectivity index (χ2v) is 3.75. The molecule has 3 aromatic rings. The fraction of sp³-hybridized carbons (Fsp3) is 0.182. The molecule has 0 atom stereocenters. The molecule has 0 spiro atoms. The van der Waals surface area contributed by atoms with Gasteiger partial charge in [-0.05, 0) is 19.1 Å². The summed E-state index contributed by atoms with van der Waals surface area (Å²) >= 11 is 0. The van der Waals surface area contributed by atoms with Gasteiger partial charge >= 0.3 is 0 Å². The van der Waals surface area contributed by atoms with Gasteiger partial charge in [-0.15, -0.1) is 0 Å². The molecule has 5 nitrogen and oxygen atoms in total. The molecule has 1 N–H and O–H groups in total. The first-order valence-electron chi connectivity index (χ1n) is 5.00. The number of imidazole rings is 2. The molecule has 16 heavy (non-hydrogen) atoms. The van der Waals surface area contributed by atoms with Crippen LogP contribution in [0.3, 0.4) is 0 Å². The van der Waals surface area contributed by atoms with E-state index in [4.69, 9.17) is 0 Å². The van der Waals surface area contributed by atoms with Crippen LogP contribution in [-0.2, 0) is 0 Å². The topological polar surface area (TPSA) is 63.6 Å². The molecule has 0 aliphatic heterocycles. The van der Waals surface area contributed by atoms with Crippen LogP contribution in [0.1, 0.15) is 17.5 Å². The lowest BCUT2D eigenvalue weighted by molar-refractivity contribution is 0.0939. The number of benzene rings is 1.